The third kappa shape index (κ3) is 9.05. The second-order valence-corrected chi connectivity index (χ2v) is 18.7. The molecule has 0 fully saturated rings. The first-order chi connectivity index (χ1) is 35.9. The van der Waals surface area contributed by atoms with Crippen molar-refractivity contribution in [3.63, 3.8) is 0 Å². The molecule has 0 unspecified atom stereocenters. The second kappa shape index (κ2) is 19.5. The van der Waals surface area contributed by atoms with Crippen LogP contribution in [0.5, 0.6) is 5.75 Å². The van der Waals surface area contributed by atoms with Gasteiger partial charge in [-0.2, -0.15) is 0 Å². The van der Waals surface area contributed by atoms with E-state index in [1.54, 1.807) is 12.1 Å². The lowest BCUT2D eigenvalue weighted by atomic mass is 9.89. The van der Waals surface area contributed by atoms with E-state index in [9.17, 15) is 9.90 Å². The predicted octanol–water partition coefficient (Wildman–Crippen LogP) is 15.4. The first-order valence-corrected chi connectivity index (χ1v) is 24.7. The average molecular weight is 947 g/mol. The zero-order valence-corrected chi connectivity index (χ0v) is 40.3. The number of aromatic hydroxyl groups is 1. The Kier molecular flexibility index (Phi) is 12.0. The fraction of sp³-hybridized carbons (Fsp3) is 0.0758. The van der Waals surface area contributed by atoms with Crippen molar-refractivity contribution in [2.75, 3.05) is 10.6 Å². The van der Waals surface area contributed by atoms with Crippen molar-refractivity contribution in [3.05, 3.63) is 268 Å². The Bertz CT molecular complexity index is 4010. The first kappa shape index (κ1) is 44.8. The van der Waals surface area contributed by atoms with Crippen molar-refractivity contribution in [1.29, 1.82) is 0 Å². The quantitative estimate of drug-likeness (QED) is 0.0990. The van der Waals surface area contributed by atoms with Crippen LogP contribution in [-0.2, 0) is 25.9 Å². The normalized spacial score (nSPS) is 11.4. The zero-order valence-electron chi connectivity index (χ0n) is 40.3. The standard InChI is InChI=1S/C66H50N4O3/c1-42-16-14-15-25-53(42)62-54-30-32-60(71)56(40-67-58-38-49(45-21-10-4-11-22-45)36-47-26-28-51(69-63(47)58)34-43-17-6-2-7-18-43)65(54)73-66-55(62)31-33-61(72)57(66)41-68-59-39-50(46-23-12-5-13-24-46)37-48-27-29-52(70-64(48)59)35-44-19-8-3-9-20-44/h2-33,36-39,67-68,71H,34-35,40-41H2,1H3. The summed E-state index contributed by atoms with van der Waals surface area (Å²) in [7, 11) is 0. The maximum absolute atomic E-state index is 14.4. The monoisotopic (exact) mass is 946 g/mol. The lowest BCUT2D eigenvalue weighted by Crippen LogP contribution is -2.15. The highest BCUT2D eigenvalue weighted by Gasteiger charge is 2.26. The topological polar surface area (TPSA) is 100 Å². The van der Waals surface area contributed by atoms with Crippen LogP contribution in [0.15, 0.2) is 228 Å². The smallest absolute Gasteiger partial charge is 0.187 e. The highest BCUT2D eigenvalue weighted by molar-refractivity contribution is 6.05. The number of pyridine rings is 2. The Morgan fingerprint density at radius 2 is 0.986 bits per heavy atom. The van der Waals surface area contributed by atoms with Gasteiger partial charge in [-0.1, -0.05) is 158 Å². The van der Waals surface area contributed by atoms with Crippen LogP contribution in [-0.4, -0.2) is 15.1 Å². The number of nitrogens with zero attached hydrogens (tertiary/aromatic N) is 2. The summed E-state index contributed by atoms with van der Waals surface area (Å²) in [5.74, 6) is 0.516. The molecule has 10 aromatic rings. The number of phenols is 1. The predicted molar refractivity (Wildman–Crippen MR) is 298 cm³/mol. The Morgan fingerprint density at radius 3 is 1.53 bits per heavy atom. The number of aryl methyl sites for hydroxylation is 1. The van der Waals surface area contributed by atoms with Gasteiger partial charge in [-0.05, 0) is 112 Å². The summed E-state index contributed by atoms with van der Waals surface area (Å²) in [6, 6.07) is 73.8. The van der Waals surface area contributed by atoms with E-state index in [0.29, 0.717) is 35.3 Å². The molecule has 0 saturated carbocycles. The molecule has 2 aromatic heterocycles. The third-order valence-electron chi connectivity index (χ3n) is 13.9. The lowest BCUT2D eigenvalue weighted by molar-refractivity contribution is 0.467. The highest BCUT2D eigenvalue weighted by Crippen LogP contribution is 2.45. The molecule has 0 bridgehead atoms. The van der Waals surface area contributed by atoms with Gasteiger partial charge in [-0.25, -0.2) is 0 Å². The fourth-order valence-corrected chi connectivity index (χ4v) is 10.2. The van der Waals surface area contributed by atoms with E-state index < -0.39 is 0 Å². The number of hydrogen-bond donors (Lipinski definition) is 3. The molecular weight excluding hydrogens is 897 g/mol. The molecule has 0 saturated heterocycles. The number of hydrogen-bond acceptors (Lipinski definition) is 7. The summed E-state index contributed by atoms with van der Waals surface area (Å²) in [5.41, 5.74) is 16.9. The van der Waals surface area contributed by atoms with E-state index in [-0.39, 0.29) is 24.3 Å². The largest absolute Gasteiger partial charge is 0.507 e. The molecule has 1 aliphatic heterocycles. The summed E-state index contributed by atoms with van der Waals surface area (Å²) >= 11 is 0. The molecule has 2 aliphatic rings. The van der Waals surface area contributed by atoms with E-state index in [4.69, 9.17) is 14.4 Å². The Morgan fingerprint density at radius 1 is 0.479 bits per heavy atom. The number of anilines is 2. The van der Waals surface area contributed by atoms with E-state index >= 15 is 0 Å². The zero-order chi connectivity index (χ0) is 49.3. The summed E-state index contributed by atoms with van der Waals surface area (Å²) in [6.45, 7) is 2.44. The average Bonchev–Trinajstić information content (AvgIpc) is 3.43. The minimum absolute atomic E-state index is 0.0691. The van der Waals surface area contributed by atoms with Gasteiger partial charge in [-0.3, -0.25) is 14.8 Å². The van der Waals surface area contributed by atoms with Crippen LogP contribution in [0.3, 0.4) is 0 Å². The lowest BCUT2D eigenvalue weighted by Gasteiger charge is -2.21. The minimum Gasteiger partial charge on any atom is -0.507 e. The van der Waals surface area contributed by atoms with Crippen molar-refractivity contribution < 1.29 is 9.52 Å². The molecule has 0 radical (unpaired) electrons. The Balaban J connectivity index is 0.987. The molecule has 3 heterocycles. The fourth-order valence-electron chi connectivity index (χ4n) is 10.2. The maximum Gasteiger partial charge on any atom is 0.187 e. The van der Waals surface area contributed by atoms with Crippen LogP contribution in [0.4, 0.5) is 11.4 Å². The summed E-state index contributed by atoms with van der Waals surface area (Å²) in [5, 5.41) is 22.1. The van der Waals surface area contributed by atoms with Crippen molar-refractivity contribution >= 4 is 44.1 Å². The molecule has 0 spiro atoms. The number of aromatic nitrogens is 2. The van der Waals surface area contributed by atoms with Gasteiger partial charge in [-0.15, -0.1) is 0 Å². The third-order valence-corrected chi connectivity index (χ3v) is 13.9. The van der Waals surface area contributed by atoms with Crippen LogP contribution >= 0.6 is 0 Å². The molecule has 352 valence electrons. The van der Waals surface area contributed by atoms with Gasteiger partial charge >= 0.3 is 0 Å². The number of phenolic OH excluding ortho intramolecular Hbond substituents is 1. The van der Waals surface area contributed by atoms with Gasteiger partial charge < -0.3 is 20.2 Å². The van der Waals surface area contributed by atoms with E-state index in [1.165, 1.54) is 11.1 Å². The number of benzene rings is 9. The Hall–Kier alpha value is -9.33. The molecule has 0 amide bonds. The second-order valence-electron chi connectivity index (χ2n) is 18.7. The molecule has 7 nitrogen and oxygen atoms in total. The summed E-state index contributed by atoms with van der Waals surface area (Å²) in [4.78, 5) is 24.9. The van der Waals surface area contributed by atoms with Crippen molar-refractivity contribution in [2.24, 2.45) is 0 Å². The van der Waals surface area contributed by atoms with Crippen molar-refractivity contribution in [1.82, 2.24) is 9.97 Å². The van der Waals surface area contributed by atoms with Crippen molar-refractivity contribution in [3.8, 4) is 50.5 Å². The maximum atomic E-state index is 14.4. The number of nitrogens with one attached hydrogen (secondary N) is 2. The molecule has 8 aromatic carbocycles. The van der Waals surface area contributed by atoms with Gasteiger partial charge in [0.15, 0.2) is 5.43 Å². The van der Waals surface area contributed by atoms with Gasteiger partial charge in [0.25, 0.3) is 0 Å². The first-order valence-electron chi connectivity index (χ1n) is 24.7. The molecular formula is C66H50N4O3. The molecule has 1 aliphatic carbocycles. The molecule has 7 heteroatoms. The van der Waals surface area contributed by atoms with Gasteiger partial charge in [0, 0.05) is 64.6 Å². The van der Waals surface area contributed by atoms with Crippen molar-refractivity contribution in [2.45, 2.75) is 32.9 Å². The SMILES string of the molecule is Cc1ccccc1-c1c2ccc(=O)c(CNc3cc(-c4ccccc4)cc4ccc(Cc5ccccc5)nc34)c-2oc2c(CNc3cc(-c4ccccc4)cc4ccc(Cc5ccccc5)nc34)c(O)ccc12. The summed E-state index contributed by atoms with van der Waals surface area (Å²) < 4.78 is 7.11. The van der Waals surface area contributed by atoms with Crippen LogP contribution in [0.2, 0.25) is 0 Å². The van der Waals surface area contributed by atoms with Crippen LogP contribution in [0.25, 0.3) is 77.5 Å². The molecule has 73 heavy (non-hydrogen) atoms. The molecule has 3 N–H and O–H groups in total. The van der Waals surface area contributed by atoms with Crippen LogP contribution in [0, 0.1) is 6.92 Å². The molecule has 0 atom stereocenters. The molecule has 12 rings (SSSR count). The van der Waals surface area contributed by atoms with E-state index in [2.05, 4.69) is 139 Å². The Labute approximate surface area is 423 Å². The van der Waals surface area contributed by atoms with Gasteiger partial charge in [0.1, 0.15) is 17.1 Å². The highest BCUT2D eigenvalue weighted by atomic mass is 16.3. The minimum atomic E-state index is -0.165. The van der Waals surface area contributed by atoms with E-state index in [1.807, 2.05) is 84.9 Å². The van der Waals surface area contributed by atoms with Gasteiger partial charge in [0.05, 0.1) is 33.5 Å². The number of rotatable bonds is 13. The van der Waals surface area contributed by atoms with Crippen LogP contribution < -0.4 is 16.1 Å². The number of fused-ring (bicyclic) bond motifs is 4. The van der Waals surface area contributed by atoms with Crippen LogP contribution in [0.1, 0.15) is 39.2 Å². The van der Waals surface area contributed by atoms with E-state index in [0.717, 1.165) is 94.5 Å². The van der Waals surface area contributed by atoms with Gasteiger partial charge in [0.2, 0.25) is 0 Å². The summed E-state index contributed by atoms with van der Waals surface area (Å²) in [6.07, 6.45) is 1.37.